The van der Waals surface area contributed by atoms with Gasteiger partial charge in [-0.15, -0.1) is 6.58 Å². The minimum Gasteiger partial charge on any atom is -0.357 e. The smallest absolute Gasteiger partial charge is 0.326 e. The van der Waals surface area contributed by atoms with Gasteiger partial charge in [0.25, 0.3) is 0 Å². The Hall–Kier alpha value is -2.35. The van der Waals surface area contributed by atoms with E-state index in [1.54, 1.807) is 12.1 Å². The minimum atomic E-state index is -3.81. The number of unbranched alkanes of at least 4 members (excludes halogenated alkanes) is 1. The van der Waals surface area contributed by atoms with E-state index >= 15 is 0 Å². The second-order valence-corrected chi connectivity index (χ2v) is 9.23. The Bertz CT molecular complexity index is 944. The summed E-state index contributed by atoms with van der Waals surface area (Å²) in [4.78, 5) is 2.20. The number of benzene rings is 2. The van der Waals surface area contributed by atoms with Crippen LogP contribution in [0.5, 0.6) is 0 Å². The lowest BCUT2D eigenvalue weighted by atomic mass is 10.2. The molecule has 2 aromatic rings. The SMILES string of the molecule is C=CCN(C)CCCCOC1Cc2ccccc2N1S(=O)(=O)Nc1ccc(C)cc1. The molecule has 7 heteroatoms. The molecule has 1 aliphatic heterocycles. The van der Waals surface area contributed by atoms with Crippen LogP contribution in [0.2, 0.25) is 0 Å². The predicted octanol–water partition coefficient (Wildman–Crippen LogP) is 3.96. The van der Waals surface area contributed by atoms with Gasteiger partial charge in [0, 0.05) is 19.6 Å². The Kier molecular flexibility index (Phi) is 7.53. The molecule has 6 nitrogen and oxygen atoms in total. The molecular weight excluding hydrogens is 398 g/mol. The number of fused-ring (bicyclic) bond motifs is 1. The number of aryl methyl sites for hydroxylation is 1. The molecule has 0 aromatic heterocycles. The first kappa shape index (κ1) is 22.3. The second kappa shape index (κ2) is 10.1. The fourth-order valence-electron chi connectivity index (χ4n) is 3.57. The van der Waals surface area contributed by atoms with E-state index in [-0.39, 0.29) is 0 Å². The third-order valence-corrected chi connectivity index (χ3v) is 6.57. The molecule has 0 aliphatic carbocycles. The molecule has 0 saturated carbocycles. The van der Waals surface area contributed by atoms with Crippen molar-refractivity contribution in [3.63, 3.8) is 0 Å². The van der Waals surface area contributed by atoms with Crippen LogP contribution in [-0.4, -0.2) is 46.3 Å². The molecule has 0 fully saturated rings. The van der Waals surface area contributed by atoms with E-state index < -0.39 is 16.4 Å². The number of nitrogens with zero attached hydrogens (tertiary/aromatic N) is 2. The standard InChI is InChI=1S/C23H31N3O3S/c1-4-15-25(3)16-7-8-17-29-23-18-20-9-5-6-10-22(20)26(23)30(27,28)24-21-13-11-19(2)12-14-21/h4-6,9-14,23-24H,1,7-8,15-18H2,2-3H3. The van der Waals surface area contributed by atoms with Crippen LogP contribution >= 0.6 is 0 Å². The number of hydrogen-bond acceptors (Lipinski definition) is 4. The molecule has 0 saturated heterocycles. The van der Waals surface area contributed by atoms with E-state index in [1.165, 1.54) is 4.31 Å². The minimum absolute atomic E-state index is 0.511. The van der Waals surface area contributed by atoms with Gasteiger partial charge >= 0.3 is 10.2 Å². The van der Waals surface area contributed by atoms with Gasteiger partial charge in [0.05, 0.1) is 11.4 Å². The molecule has 1 aliphatic rings. The highest BCUT2D eigenvalue weighted by molar-refractivity contribution is 7.94. The van der Waals surface area contributed by atoms with Crippen LogP contribution in [0, 0.1) is 6.92 Å². The summed E-state index contributed by atoms with van der Waals surface area (Å²) < 4.78 is 36.6. The van der Waals surface area contributed by atoms with Gasteiger partial charge in [-0.05, 0) is 57.1 Å². The van der Waals surface area contributed by atoms with Crippen molar-refractivity contribution in [1.29, 1.82) is 0 Å². The van der Waals surface area contributed by atoms with Crippen molar-refractivity contribution in [3.05, 3.63) is 72.3 Å². The summed E-state index contributed by atoms with van der Waals surface area (Å²) >= 11 is 0. The lowest BCUT2D eigenvalue weighted by molar-refractivity contribution is 0.0635. The Morgan fingerprint density at radius 2 is 1.93 bits per heavy atom. The molecule has 0 bridgehead atoms. The van der Waals surface area contributed by atoms with Crippen molar-refractivity contribution < 1.29 is 13.2 Å². The first-order valence-corrected chi connectivity index (χ1v) is 11.7. The molecule has 30 heavy (non-hydrogen) atoms. The number of likely N-dealkylation sites (N-methyl/N-ethyl adjacent to an activating group) is 1. The number of nitrogens with one attached hydrogen (secondary N) is 1. The fourth-order valence-corrected chi connectivity index (χ4v) is 4.98. The van der Waals surface area contributed by atoms with Crippen LogP contribution in [0.3, 0.4) is 0 Å². The highest BCUT2D eigenvalue weighted by atomic mass is 32.2. The highest BCUT2D eigenvalue weighted by Gasteiger charge is 2.38. The zero-order valence-corrected chi connectivity index (χ0v) is 18.6. The van der Waals surface area contributed by atoms with E-state index in [4.69, 9.17) is 4.74 Å². The largest absolute Gasteiger partial charge is 0.357 e. The number of anilines is 2. The Balaban J connectivity index is 1.67. The molecule has 3 rings (SSSR count). The number of rotatable bonds is 11. The Morgan fingerprint density at radius 3 is 2.67 bits per heavy atom. The average molecular weight is 430 g/mol. The topological polar surface area (TPSA) is 61.9 Å². The lowest BCUT2D eigenvalue weighted by Gasteiger charge is -2.27. The molecule has 1 unspecified atom stereocenters. The van der Waals surface area contributed by atoms with Gasteiger partial charge in [-0.1, -0.05) is 42.0 Å². The first-order chi connectivity index (χ1) is 14.4. The zero-order chi connectivity index (χ0) is 21.6. The van der Waals surface area contributed by atoms with Crippen molar-refractivity contribution in [1.82, 2.24) is 4.90 Å². The summed E-state index contributed by atoms with van der Waals surface area (Å²) in [6.07, 6.45) is 3.74. The van der Waals surface area contributed by atoms with Crippen molar-refractivity contribution in [2.75, 3.05) is 35.8 Å². The Morgan fingerprint density at radius 1 is 1.20 bits per heavy atom. The van der Waals surface area contributed by atoms with Gasteiger partial charge < -0.3 is 9.64 Å². The van der Waals surface area contributed by atoms with Crippen LogP contribution in [0.15, 0.2) is 61.2 Å². The van der Waals surface area contributed by atoms with E-state index in [9.17, 15) is 8.42 Å². The molecule has 1 heterocycles. The number of hydrogen-bond donors (Lipinski definition) is 1. The summed E-state index contributed by atoms with van der Waals surface area (Å²) in [5, 5.41) is 0. The first-order valence-electron chi connectivity index (χ1n) is 10.3. The second-order valence-electron chi connectivity index (χ2n) is 7.69. The molecule has 2 aromatic carbocycles. The fraction of sp³-hybridized carbons (Fsp3) is 0.391. The molecule has 1 N–H and O–H groups in total. The van der Waals surface area contributed by atoms with Gasteiger partial charge in [-0.3, -0.25) is 4.72 Å². The van der Waals surface area contributed by atoms with E-state index in [1.807, 2.05) is 49.4 Å². The zero-order valence-electron chi connectivity index (χ0n) is 17.8. The summed E-state index contributed by atoms with van der Waals surface area (Å²) in [7, 11) is -1.76. The maximum Gasteiger partial charge on any atom is 0.326 e. The van der Waals surface area contributed by atoms with Crippen LogP contribution in [0.4, 0.5) is 11.4 Å². The van der Waals surface area contributed by atoms with Crippen LogP contribution in [0.1, 0.15) is 24.0 Å². The number of para-hydroxylation sites is 1. The number of ether oxygens (including phenoxy) is 1. The maximum atomic E-state index is 13.2. The quantitative estimate of drug-likeness (QED) is 0.434. The maximum absolute atomic E-state index is 13.2. The van der Waals surface area contributed by atoms with Crippen LogP contribution in [0.25, 0.3) is 0 Å². The van der Waals surface area contributed by atoms with E-state index in [0.717, 1.165) is 37.1 Å². The summed E-state index contributed by atoms with van der Waals surface area (Å²) in [5.41, 5.74) is 3.26. The summed E-state index contributed by atoms with van der Waals surface area (Å²) in [6.45, 7) is 8.04. The molecule has 0 radical (unpaired) electrons. The van der Waals surface area contributed by atoms with Gasteiger partial charge in [-0.2, -0.15) is 8.42 Å². The van der Waals surface area contributed by atoms with Crippen molar-refractivity contribution >= 4 is 21.6 Å². The van der Waals surface area contributed by atoms with Crippen LogP contribution < -0.4 is 9.03 Å². The average Bonchev–Trinajstić information content (AvgIpc) is 3.09. The monoisotopic (exact) mass is 429 g/mol. The normalized spacial score (nSPS) is 16.0. The third kappa shape index (κ3) is 5.62. The Labute approximate surface area is 180 Å². The molecule has 162 valence electrons. The van der Waals surface area contributed by atoms with Crippen LogP contribution in [-0.2, 0) is 21.4 Å². The highest BCUT2D eigenvalue weighted by Crippen LogP contribution is 2.35. The molecule has 0 amide bonds. The van der Waals surface area contributed by atoms with Crippen molar-refractivity contribution in [2.45, 2.75) is 32.4 Å². The van der Waals surface area contributed by atoms with Gasteiger partial charge in [0.15, 0.2) is 0 Å². The van der Waals surface area contributed by atoms with Gasteiger partial charge in [-0.25, -0.2) is 4.31 Å². The van der Waals surface area contributed by atoms with Crippen molar-refractivity contribution in [3.8, 4) is 0 Å². The molecular formula is C23H31N3O3S. The van der Waals surface area contributed by atoms with Gasteiger partial charge in [0.2, 0.25) is 0 Å². The molecule has 1 atom stereocenters. The summed E-state index contributed by atoms with van der Waals surface area (Å²) in [6, 6.07) is 14.9. The summed E-state index contributed by atoms with van der Waals surface area (Å²) in [5.74, 6) is 0. The van der Waals surface area contributed by atoms with Gasteiger partial charge in [0.1, 0.15) is 6.23 Å². The lowest BCUT2D eigenvalue weighted by Crippen LogP contribution is -2.43. The van der Waals surface area contributed by atoms with Crippen molar-refractivity contribution in [2.24, 2.45) is 0 Å². The third-order valence-electron chi connectivity index (χ3n) is 5.13. The van der Waals surface area contributed by atoms with E-state index in [2.05, 4.69) is 23.2 Å². The predicted molar refractivity (Wildman–Crippen MR) is 123 cm³/mol. The van der Waals surface area contributed by atoms with E-state index in [0.29, 0.717) is 24.4 Å². The molecule has 0 spiro atoms.